The predicted molar refractivity (Wildman–Crippen MR) is 67.5 cm³/mol. The number of rotatable bonds is 2. The molecule has 0 radical (unpaired) electrons. The lowest BCUT2D eigenvalue weighted by molar-refractivity contribution is -0.115. The zero-order valence-electron chi connectivity index (χ0n) is 9.60. The molecule has 18 heavy (non-hydrogen) atoms. The summed E-state index contributed by atoms with van der Waals surface area (Å²) in [5.74, 6) is 0. The Balaban J connectivity index is 2.48. The fraction of sp³-hybridized carbons (Fsp3) is 0.231. The van der Waals surface area contributed by atoms with E-state index in [1.165, 1.54) is 11.2 Å². The number of carbonyl (C=O) groups excluding carboxylic acids is 1. The molecule has 0 saturated carbocycles. The van der Waals surface area contributed by atoms with Crippen LogP contribution in [0.2, 0.25) is 5.02 Å². The van der Waals surface area contributed by atoms with Crippen LogP contribution in [-0.2, 0) is 9.53 Å². The van der Waals surface area contributed by atoms with Crippen LogP contribution in [0.5, 0.6) is 0 Å². The average molecular weight is 263 g/mol. The summed E-state index contributed by atoms with van der Waals surface area (Å²) in [4.78, 5) is 12.6. The van der Waals surface area contributed by atoms with Crippen LogP contribution in [0.1, 0.15) is 17.5 Å². The van der Waals surface area contributed by atoms with Crippen molar-refractivity contribution in [1.29, 1.82) is 5.26 Å². The van der Waals surface area contributed by atoms with Gasteiger partial charge in [-0.25, -0.2) is 0 Å². The van der Waals surface area contributed by atoms with Gasteiger partial charge in [0.25, 0.3) is 0 Å². The van der Waals surface area contributed by atoms with E-state index in [4.69, 9.17) is 21.6 Å². The predicted octanol–water partition coefficient (Wildman–Crippen LogP) is 2.39. The summed E-state index contributed by atoms with van der Waals surface area (Å²) in [6, 6.07) is 6.98. The van der Waals surface area contributed by atoms with Gasteiger partial charge >= 0.3 is 0 Å². The van der Waals surface area contributed by atoms with E-state index in [9.17, 15) is 4.79 Å². The van der Waals surface area contributed by atoms with Crippen LogP contribution in [0.15, 0.2) is 24.5 Å². The van der Waals surface area contributed by atoms with Crippen molar-refractivity contribution in [3.05, 3.63) is 40.6 Å². The molecule has 1 aromatic rings. The molecule has 1 amide bonds. The zero-order chi connectivity index (χ0) is 13.0. The van der Waals surface area contributed by atoms with E-state index < -0.39 is 0 Å². The minimum Gasteiger partial charge on any atom is -0.499 e. The summed E-state index contributed by atoms with van der Waals surface area (Å²) in [5, 5.41) is 9.39. The number of ether oxygens (including phenoxy) is 1. The monoisotopic (exact) mass is 262 g/mol. The number of nitriles is 1. The van der Waals surface area contributed by atoms with Gasteiger partial charge in [-0.2, -0.15) is 5.26 Å². The van der Waals surface area contributed by atoms with Crippen molar-refractivity contribution in [2.75, 3.05) is 13.2 Å². The minimum absolute atomic E-state index is 0.484. The van der Waals surface area contributed by atoms with E-state index in [2.05, 4.69) is 0 Å². The topological polar surface area (TPSA) is 53.3 Å². The molecule has 5 heteroatoms. The first-order chi connectivity index (χ1) is 8.76. The minimum atomic E-state index is 0.484. The largest absolute Gasteiger partial charge is 0.499 e. The molecule has 2 rings (SSSR count). The quantitative estimate of drug-likeness (QED) is 0.769. The molecule has 1 aromatic carbocycles. The molecule has 0 N–H and O–H groups in total. The lowest BCUT2D eigenvalue weighted by Gasteiger charge is -2.19. The van der Waals surface area contributed by atoms with Gasteiger partial charge < -0.3 is 9.64 Å². The fourth-order valence-corrected chi connectivity index (χ4v) is 1.98. The maximum atomic E-state index is 11.1. The molecular weight excluding hydrogens is 252 g/mol. The van der Waals surface area contributed by atoms with Gasteiger partial charge in [-0.15, -0.1) is 0 Å². The highest BCUT2D eigenvalue weighted by Crippen LogP contribution is 2.28. The third-order valence-electron chi connectivity index (χ3n) is 2.66. The summed E-state index contributed by atoms with van der Waals surface area (Å²) in [5.41, 5.74) is 1.71. The average Bonchev–Trinajstić information content (AvgIpc) is 2.64. The van der Waals surface area contributed by atoms with E-state index in [-0.39, 0.29) is 0 Å². The number of hydrogen-bond acceptors (Lipinski definition) is 3. The fourth-order valence-electron chi connectivity index (χ4n) is 1.76. The van der Waals surface area contributed by atoms with Crippen LogP contribution in [0, 0.1) is 11.3 Å². The Bertz CT molecular complexity index is 534. The molecule has 0 saturated heterocycles. The van der Waals surface area contributed by atoms with E-state index in [0.717, 1.165) is 12.8 Å². The van der Waals surface area contributed by atoms with Crippen molar-refractivity contribution < 1.29 is 9.53 Å². The van der Waals surface area contributed by atoms with Gasteiger partial charge in [-0.1, -0.05) is 11.6 Å². The highest BCUT2D eigenvalue weighted by atomic mass is 35.5. The summed E-state index contributed by atoms with van der Waals surface area (Å²) in [7, 11) is 0. The van der Waals surface area contributed by atoms with Crippen molar-refractivity contribution in [3.63, 3.8) is 0 Å². The molecule has 0 fully saturated rings. The Morgan fingerprint density at radius 2 is 2.33 bits per heavy atom. The van der Waals surface area contributed by atoms with Gasteiger partial charge in [0.05, 0.1) is 29.0 Å². The summed E-state index contributed by atoms with van der Waals surface area (Å²) >= 11 is 6.11. The highest BCUT2D eigenvalue weighted by Gasteiger charge is 2.17. The maximum Gasteiger partial charge on any atom is 0.214 e. The van der Waals surface area contributed by atoms with E-state index in [1.807, 2.05) is 6.07 Å². The zero-order valence-corrected chi connectivity index (χ0v) is 10.4. The molecule has 0 spiro atoms. The number of amides is 1. The van der Waals surface area contributed by atoms with E-state index in [0.29, 0.717) is 35.0 Å². The van der Waals surface area contributed by atoms with Crippen molar-refractivity contribution in [2.45, 2.75) is 6.42 Å². The molecular formula is C13H11ClN2O2. The first kappa shape index (κ1) is 12.5. The van der Waals surface area contributed by atoms with E-state index >= 15 is 0 Å². The second kappa shape index (κ2) is 5.56. The normalized spacial score (nSPS) is 15.1. The Kier molecular flexibility index (Phi) is 3.85. The van der Waals surface area contributed by atoms with Crippen LogP contribution >= 0.6 is 11.6 Å². The summed E-state index contributed by atoms with van der Waals surface area (Å²) in [6.07, 6.45) is 3.02. The lowest BCUT2D eigenvalue weighted by Crippen LogP contribution is -2.21. The number of carbonyl (C=O) groups is 1. The standard InChI is InChI=1S/C13H11ClN2O2/c14-12-3-2-10(7-15)6-11(12)13-8-18-5-1-4-16(13)9-17/h2-3,6,8-9H,1,4-5H2. The van der Waals surface area contributed by atoms with Crippen molar-refractivity contribution in [2.24, 2.45) is 0 Å². The Labute approximate surface area is 110 Å². The van der Waals surface area contributed by atoms with Crippen LogP contribution in [0.3, 0.4) is 0 Å². The lowest BCUT2D eigenvalue weighted by atomic mass is 10.1. The molecule has 1 aliphatic heterocycles. The van der Waals surface area contributed by atoms with Crippen LogP contribution in [-0.4, -0.2) is 24.5 Å². The first-order valence-corrected chi connectivity index (χ1v) is 5.88. The number of benzene rings is 1. The second-order valence-electron chi connectivity index (χ2n) is 3.83. The summed E-state index contributed by atoms with van der Waals surface area (Å²) < 4.78 is 5.32. The molecule has 92 valence electrons. The van der Waals surface area contributed by atoms with E-state index in [1.54, 1.807) is 18.2 Å². The number of hydrogen-bond donors (Lipinski definition) is 0. The molecule has 1 heterocycles. The summed E-state index contributed by atoms with van der Waals surface area (Å²) in [6.45, 7) is 1.13. The van der Waals surface area contributed by atoms with Crippen LogP contribution in [0.4, 0.5) is 0 Å². The first-order valence-electron chi connectivity index (χ1n) is 5.50. The maximum absolute atomic E-state index is 11.1. The Morgan fingerprint density at radius 1 is 1.50 bits per heavy atom. The highest BCUT2D eigenvalue weighted by molar-refractivity contribution is 6.32. The molecule has 1 aliphatic rings. The van der Waals surface area contributed by atoms with Crippen molar-refractivity contribution in [1.82, 2.24) is 4.90 Å². The SMILES string of the molecule is N#Cc1ccc(Cl)c(C2=COCCCN2C=O)c1. The third kappa shape index (κ3) is 2.47. The molecule has 4 nitrogen and oxygen atoms in total. The molecule has 0 unspecified atom stereocenters. The Morgan fingerprint density at radius 3 is 3.06 bits per heavy atom. The molecule has 0 atom stereocenters. The van der Waals surface area contributed by atoms with Gasteiger partial charge in [0.15, 0.2) is 0 Å². The van der Waals surface area contributed by atoms with Crippen LogP contribution in [0.25, 0.3) is 5.70 Å². The second-order valence-corrected chi connectivity index (χ2v) is 4.24. The molecule has 0 bridgehead atoms. The van der Waals surface area contributed by atoms with Gasteiger partial charge in [0, 0.05) is 12.1 Å². The van der Waals surface area contributed by atoms with Gasteiger partial charge in [-0.3, -0.25) is 4.79 Å². The smallest absolute Gasteiger partial charge is 0.214 e. The third-order valence-corrected chi connectivity index (χ3v) is 2.99. The number of halogens is 1. The van der Waals surface area contributed by atoms with Gasteiger partial charge in [0.1, 0.15) is 6.26 Å². The van der Waals surface area contributed by atoms with Crippen LogP contribution < -0.4 is 0 Å². The molecule has 0 aliphatic carbocycles. The Hall–Kier alpha value is -1.99. The van der Waals surface area contributed by atoms with Gasteiger partial charge in [-0.05, 0) is 24.6 Å². The molecule has 0 aromatic heterocycles. The van der Waals surface area contributed by atoms with Gasteiger partial charge in [0.2, 0.25) is 6.41 Å². The number of nitrogens with zero attached hydrogens (tertiary/aromatic N) is 2. The van der Waals surface area contributed by atoms with Crippen molar-refractivity contribution in [3.8, 4) is 6.07 Å². The van der Waals surface area contributed by atoms with Crippen molar-refractivity contribution >= 4 is 23.7 Å².